The molecule has 2 unspecified atom stereocenters. The molecule has 2 N–H and O–H groups in total. The minimum atomic E-state index is -0.545. The van der Waals surface area contributed by atoms with Crippen LogP contribution in [0.1, 0.15) is 30.2 Å². The number of hydrogen-bond donors (Lipinski definition) is 2. The van der Waals surface area contributed by atoms with Gasteiger partial charge < -0.3 is 10.4 Å². The molecule has 0 saturated carbocycles. The molecule has 0 radical (unpaired) electrons. The Hall–Kier alpha value is -1.36. The van der Waals surface area contributed by atoms with Gasteiger partial charge in [0.05, 0.1) is 12.3 Å². The zero-order valence-electron chi connectivity index (χ0n) is 11.0. The number of aromatic nitrogens is 2. The maximum absolute atomic E-state index is 10.1. The number of halogens is 1. The van der Waals surface area contributed by atoms with Gasteiger partial charge in [-0.3, -0.25) is 4.68 Å². The number of nitrogens with one attached hydrogen (secondary N) is 1. The molecule has 2 aromatic rings. The molecule has 1 aromatic carbocycles. The number of hydrogen-bond acceptors (Lipinski definition) is 3. The molecule has 19 heavy (non-hydrogen) atoms. The van der Waals surface area contributed by atoms with Crippen molar-refractivity contribution in [2.24, 2.45) is 7.05 Å². The number of benzene rings is 1. The summed E-state index contributed by atoms with van der Waals surface area (Å²) >= 11 is 5.82. The Morgan fingerprint density at radius 3 is 2.58 bits per heavy atom. The van der Waals surface area contributed by atoms with Crippen molar-refractivity contribution in [2.45, 2.75) is 19.1 Å². The van der Waals surface area contributed by atoms with Crippen LogP contribution in [0.2, 0.25) is 5.02 Å². The molecule has 0 aliphatic carbocycles. The first kappa shape index (κ1) is 14.1. The van der Waals surface area contributed by atoms with Crippen LogP contribution < -0.4 is 5.32 Å². The van der Waals surface area contributed by atoms with E-state index >= 15 is 0 Å². The molecular formula is C14H18ClN3O. The summed E-state index contributed by atoms with van der Waals surface area (Å²) in [6.07, 6.45) is 3.25. The Labute approximate surface area is 118 Å². The summed E-state index contributed by atoms with van der Waals surface area (Å²) in [7, 11) is 1.89. The number of rotatable bonds is 5. The van der Waals surface area contributed by atoms with Gasteiger partial charge in [0, 0.05) is 36.4 Å². The molecule has 0 fully saturated rings. The Bertz CT molecular complexity index is 524. The molecule has 0 saturated heterocycles. The van der Waals surface area contributed by atoms with Crippen molar-refractivity contribution >= 4 is 11.6 Å². The van der Waals surface area contributed by atoms with Crippen molar-refractivity contribution in [1.29, 1.82) is 0 Å². The Balaban J connectivity index is 1.89. The normalized spacial score (nSPS) is 14.3. The van der Waals surface area contributed by atoms with E-state index in [4.69, 9.17) is 11.6 Å². The van der Waals surface area contributed by atoms with E-state index in [1.165, 1.54) is 0 Å². The van der Waals surface area contributed by atoms with E-state index in [0.717, 1.165) is 11.1 Å². The molecule has 0 spiro atoms. The summed E-state index contributed by atoms with van der Waals surface area (Å²) in [5, 5.41) is 18.2. The van der Waals surface area contributed by atoms with E-state index in [9.17, 15) is 5.11 Å². The minimum absolute atomic E-state index is 0.149. The van der Waals surface area contributed by atoms with Gasteiger partial charge in [-0.1, -0.05) is 23.7 Å². The highest BCUT2D eigenvalue weighted by atomic mass is 35.5. The van der Waals surface area contributed by atoms with Crippen molar-refractivity contribution in [3.8, 4) is 0 Å². The second kappa shape index (κ2) is 6.19. The highest BCUT2D eigenvalue weighted by Crippen LogP contribution is 2.17. The highest BCUT2D eigenvalue weighted by molar-refractivity contribution is 6.30. The maximum Gasteiger partial charge on any atom is 0.0914 e. The van der Waals surface area contributed by atoms with Crippen molar-refractivity contribution in [3.05, 3.63) is 52.8 Å². The second-order valence-corrected chi connectivity index (χ2v) is 5.08. The molecule has 2 atom stereocenters. The van der Waals surface area contributed by atoms with Gasteiger partial charge in [0.25, 0.3) is 0 Å². The first-order valence-corrected chi connectivity index (χ1v) is 6.59. The van der Waals surface area contributed by atoms with Gasteiger partial charge in [-0.15, -0.1) is 0 Å². The van der Waals surface area contributed by atoms with Crippen LogP contribution in [0, 0.1) is 0 Å². The number of aliphatic hydroxyl groups excluding tert-OH is 1. The number of nitrogens with zero attached hydrogens (tertiary/aromatic N) is 2. The summed E-state index contributed by atoms with van der Waals surface area (Å²) < 4.78 is 1.77. The summed E-state index contributed by atoms with van der Waals surface area (Å²) in [5.74, 6) is 0. The lowest BCUT2D eigenvalue weighted by molar-refractivity contribution is 0.171. The summed E-state index contributed by atoms with van der Waals surface area (Å²) in [5.41, 5.74) is 1.96. The van der Waals surface area contributed by atoms with Gasteiger partial charge in [0.2, 0.25) is 0 Å². The fraction of sp³-hybridized carbons (Fsp3) is 0.357. The Morgan fingerprint density at radius 1 is 1.32 bits per heavy atom. The summed E-state index contributed by atoms with van der Waals surface area (Å²) in [4.78, 5) is 0. The third-order valence-electron chi connectivity index (χ3n) is 3.10. The van der Waals surface area contributed by atoms with Crippen molar-refractivity contribution in [1.82, 2.24) is 15.1 Å². The third-order valence-corrected chi connectivity index (χ3v) is 3.35. The summed E-state index contributed by atoms with van der Waals surface area (Å²) in [6.45, 7) is 2.53. The predicted molar refractivity (Wildman–Crippen MR) is 76.0 cm³/mol. The zero-order chi connectivity index (χ0) is 13.8. The van der Waals surface area contributed by atoms with Gasteiger partial charge in [0.15, 0.2) is 0 Å². The van der Waals surface area contributed by atoms with Crippen molar-refractivity contribution in [3.63, 3.8) is 0 Å². The molecule has 0 amide bonds. The van der Waals surface area contributed by atoms with E-state index in [0.29, 0.717) is 11.6 Å². The summed E-state index contributed by atoms with van der Waals surface area (Å²) in [6, 6.07) is 7.39. The van der Waals surface area contributed by atoms with E-state index in [1.54, 1.807) is 16.8 Å². The van der Waals surface area contributed by atoms with Gasteiger partial charge in [0.1, 0.15) is 0 Å². The molecular weight excluding hydrogens is 262 g/mol. The molecule has 0 aliphatic rings. The molecule has 1 heterocycles. The first-order valence-electron chi connectivity index (χ1n) is 6.21. The lowest BCUT2D eigenvalue weighted by Gasteiger charge is -2.16. The molecule has 0 bridgehead atoms. The second-order valence-electron chi connectivity index (χ2n) is 4.64. The molecule has 0 aliphatic heterocycles. The van der Waals surface area contributed by atoms with Gasteiger partial charge in [-0.2, -0.15) is 5.10 Å². The fourth-order valence-corrected chi connectivity index (χ4v) is 2.00. The lowest BCUT2D eigenvalue weighted by atomic mass is 10.1. The standard InChI is InChI=1S/C14H18ClN3O/c1-10(12-7-17-18(2)9-12)16-8-14(19)11-3-5-13(15)6-4-11/h3-7,9-10,14,16,19H,8H2,1-2H3. The van der Waals surface area contributed by atoms with E-state index in [2.05, 4.69) is 10.4 Å². The highest BCUT2D eigenvalue weighted by Gasteiger charge is 2.11. The molecule has 5 heteroatoms. The third kappa shape index (κ3) is 3.80. The first-order chi connectivity index (χ1) is 9.06. The smallest absolute Gasteiger partial charge is 0.0914 e. The van der Waals surface area contributed by atoms with Gasteiger partial charge >= 0.3 is 0 Å². The van der Waals surface area contributed by atoms with Crippen LogP contribution in [0.25, 0.3) is 0 Å². The van der Waals surface area contributed by atoms with Crippen LogP contribution in [0.4, 0.5) is 0 Å². The monoisotopic (exact) mass is 279 g/mol. The average molecular weight is 280 g/mol. The molecule has 4 nitrogen and oxygen atoms in total. The van der Waals surface area contributed by atoms with E-state index < -0.39 is 6.10 Å². The van der Waals surface area contributed by atoms with Crippen molar-refractivity contribution in [2.75, 3.05) is 6.54 Å². The molecule has 102 valence electrons. The fourth-order valence-electron chi connectivity index (χ4n) is 1.87. The number of aliphatic hydroxyl groups is 1. The van der Waals surface area contributed by atoms with Crippen LogP contribution >= 0.6 is 11.6 Å². The van der Waals surface area contributed by atoms with Crippen LogP contribution in [-0.4, -0.2) is 21.4 Å². The van der Waals surface area contributed by atoms with Gasteiger partial charge in [-0.05, 0) is 24.6 Å². The van der Waals surface area contributed by atoms with Crippen LogP contribution in [0.15, 0.2) is 36.7 Å². The Kier molecular flexibility index (Phi) is 4.58. The van der Waals surface area contributed by atoms with Gasteiger partial charge in [-0.25, -0.2) is 0 Å². The van der Waals surface area contributed by atoms with E-state index in [-0.39, 0.29) is 6.04 Å². The lowest BCUT2D eigenvalue weighted by Crippen LogP contribution is -2.24. The van der Waals surface area contributed by atoms with E-state index in [1.807, 2.05) is 38.5 Å². The average Bonchev–Trinajstić information content (AvgIpc) is 2.83. The SMILES string of the molecule is CC(NCC(O)c1ccc(Cl)cc1)c1cnn(C)c1. The topological polar surface area (TPSA) is 50.1 Å². The molecule has 1 aromatic heterocycles. The zero-order valence-corrected chi connectivity index (χ0v) is 11.8. The quantitative estimate of drug-likeness (QED) is 0.884. The largest absolute Gasteiger partial charge is 0.387 e. The van der Waals surface area contributed by atoms with Crippen LogP contribution in [-0.2, 0) is 7.05 Å². The van der Waals surface area contributed by atoms with Crippen LogP contribution in [0.5, 0.6) is 0 Å². The number of aryl methyl sites for hydroxylation is 1. The predicted octanol–water partition coefficient (Wildman–Crippen LogP) is 2.46. The maximum atomic E-state index is 10.1. The van der Waals surface area contributed by atoms with Crippen LogP contribution in [0.3, 0.4) is 0 Å². The molecule has 2 rings (SSSR count). The van der Waals surface area contributed by atoms with Crippen molar-refractivity contribution < 1.29 is 5.11 Å². The Morgan fingerprint density at radius 2 is 2.00 bits per heavy atom. The minimum Gasteiger partial charge on any atom is -0.387 e.